The highest BCUT2D eigenvalue weighted by Crippen LogP contribution is 2.32. The maximum Gasteiger partial charge on any atom is 0.389 e. The van der Waals surface area contributed by atoms with Crippen molar-refractivity contribution in [1.29, 1.82) is 0 Å². The van der Waals surface area contributed by atoms with E-state index in [1.54, 1.807) is 23.0 Å². The normalized spacial score (nSPS) is 16.6. The molecule has 0 saturated heterocycles. The number of rotatable bonds is 6. The summed E-state index contributed by atoms with van der Waals surface area (Å²) in [6, 6.07) is 7.30. The number of halogens is 3. The number of nitrogens with one attached hydrogen (secondary N) is 1. The molecule has 3 aromatic heterocycles. The van der Waals surface area contributed by atoms with Crippen molar-refractivity contribution in [3.63, 3.8) is 0 Å². The van der Waals surface area contributed by atoms with E-state index >= 15 is 0 Å². The van der Waals surface area contributed by atoms with Crippen LogP contribution >= 0.6 is 0 Å². The SMILES string of the molecule is COc1nc(Nc2ccc3c(n2)OC(CCC(F)(F)F)CN(C)C3)ccc1-c1cnn(C)c1. The van der Waals surface area contributed by atoms with Gasteiger partial charge in [-0.2, -0.15) is 28.2 Å². The van der Waals surface area contributed by atoms with Gasteiger partial charge in [-0.1, -0.05) is 0 Å². The molecule has 0 radical (unpaired) electrons. The Morgan fingerprint density at radius 3 is 2.61 bits per heavy atom. The van der Waals surface area contributed by atoms with Crippen molar-refractivity contribution < 1.29 is 22.6 Å². The molecular weight excluding hydrogens is 437 g/mol. The minimum atomic E-state index is -4.22. The van der Waals surface area contributed by atoms with Crippen molar-refractivity contribution in [3.8, 4) is 22.9 Å². The zero-order valence-electron chi connectivity index (χ0n) is 18.6. The van der Waals surface area contributed by atoms with Gasteiger partial charge in [0.25, 0.3) is 0 Å². The predicted molar refractivity (Wildman–Crippen MR) is 117 cm³/mol. The van der Waals surface area contributed by atoms with Crippen LogP contribution in [0.1, 0.15) is 18.4 Å². The van der Waals surface area contributed by atoms with Gasteiger partial charge in [-0.25, -0.2) is 0 Å². The Labute approximate surface area is 189 Å². The number of anilines is 2. The van der Waals surface area contributed by atoms with E-state index in [9.17, 15) is 13.2 Å². The van der Waals surface area contributed by atoms with Crippen molar-refractivity contribution in [2.75, 3.05) is 26.0 Å². The van der Waals surface area contributed by atoms with Crippen molar-refractivity contribution in [2.45, 2.75) is 31.7 Å². The number of aryl methyl sites for hydroxylation is 1. The molecular formula is C22H25F3N6O2. The van der Waals surface area contributed by atoms with E-state index in [2.05, 4.69) is 20.4 Å². The van der Waals surface area contributed by atoms with E-state index in [4.69, 9.17) is 9.47 Å². The average Bonchev–Trinajstić information content (AvgIpc) is 3.11. The zero-order valence-corrected chi connectivity index (χ0v) is 18.6. The van der Waals surface area contributed by atoms with E-state index in [-0.39, 0.29) is 6.42 Å². The number of fused-ring (bicyclic) bond motifs is 1. The lowest BCUT2D eigenvalue weighted by Gasteiger charge is -2.20. The molecule has 1 atom stereocenters. The van der Waals surface area contributed by atoms with Gasteiger partial charge < -0.3 is 14.8 Å². The van der Waals surface area contributed by atoms with Crippen LogP contribution in [-0.2, 0) is 13.6 Å². The Bertz CT molecular complexity index is 1120. The van der Waals surface area contributed by atoms with Gasteiger partial charge in [-0.15, -0.1) is 0 Å². The molecule has 0 saturated carbocycles. The third-order valence-electron chi connectivity index (χ3n) is 5.25. The van der Waals surface area contributed by atoms with Gasteiger partial charge in [-0.3, -0.25) is 9.58 Å². The minimum Gasteiger partial charge on any atom is -0.480 e. The smallest absolute Gasteiger partial charge is 0.389 e. The summed E-state index contributed by atoms with van der Waals surface area (Å²) in [6.45, 7) is 0.931. The minimum absolute atomic E-state index is 0.124. The fourth-order valence-corrected chi connectivity index (χ4v) is 3.71. The van der Waals surface area contributed by atoms with Gasteiger partial charge in [0.05, 0.1) is 13.3 Å². The maximum absolute atomic E-state index is 12.7. The fourth-order valence-electron chi connectivity index (χ4n) is 3.71. The van der Waals surface area contributed by atoms with Crippen LogP contribution in [0.2, 0.25) is 0 Å². The van der Waals surface area contributed by atoms with Crippen molar-refractivity contribution in [2.24, 2.45) is 7.05 Å². The van der Waals surface area contributed by atoms with Crippen LogP contribution in [0.15, 0.2) is 36.7 Å². The second-order valence-corrected chi connectivity index (χ2v) is 8.03. The number of pyridine rings is 2. The Balaban J connectivity index is 1.53. The summed E-state index contributed by atoms with van der Waals surface area (Å²) in [6.07, 6.45) is -2.25. The number of ether oxygens (including phenoxy) is 2. The van der Waals surface area contributed by atoms with E-state index < -0.39 is 18.7 Å². The molecule has 0 amide bonds. The first-order valence-electron chi connectivity index (χ1n) is 10.4. The van der Waals surface area contributed by atoms with Crippen molar-refractivity contribution in [3.05, 3.63) is 42.2 Å². The molecule has 4 heterocycles. The maximum atomic E-state index is 12.7. The van der Waals surface area contributed by atoms with Gasteiger partial charge >= 0.3 is 6.18 Å². The number of hydrogen-bond acceptors (Lipinski definition) is 7. The number of alkyl halides is 3. The summed E-state index contributed by atoms with van der Waals surface area (Å²) in [5, 5.41) is 7.29. The van der Waals surface area contributed by atoms with Crippen LogP contribution in [-0.4, -0.2) is 57.6 Å². The lowest BCUT2D eigenvalue weighted by Crippen LogP contribution is -2.31. The van der Waals surface area contributed by atoms with Crippen molar-refractivity contribution in [1.82, 2.24) is 24.6 Å². The molecule has 0 bridgehead atoms. The summed E-state index contributed by atoms with van der Waals surface area (Å²) >= 11 is 0. The molecule has 11 heteroatoms. The summed E-state index contributed by atoms with van der Waals surface area (Å²) in [5.74, 6) is 1.73. The monoisotopic (exact) mass is 462 g/mol. The van der Waals surface area contributed by atoms with E-state index in [0.717, 1.165) is 16.7 Å². The van der Waals surface area contributed by atoms with Crippen molar-refractivity contribution >= 4 is 11.6 Å². The quantitative estimate of drug-likeness (QED) is 0.589. The Morgan fingerprint density at radius 1 is 1.15 bits per heavy atom. The summed E-state index contributed by atoms with van der Waals surface area (Å²) < 4.78 is 51.1. The zero-order chi connectivity index (χ0) is 23.6. The molecule has 0 aliphatic carbocycles. The van der Waals surface area contributed by atoms with Gasteiger partial charge in [0.1, 0.15) is 17.7 Å². The molecule has 4 rings (SSSR count). The largest absolute Gasteiger partial charge is 0.480 e. The molecule has 1 aliphatic rings. The van der Waals surface area contributed by atoms with E-state index in [0.29, 0.717) is 36.5 Å². The van der Waals surface area contributed by atoms with Gasteiger partial charge in [0, 0.05) is 49.4 Å². The van der Waals surface area contributed by atoms with Gasteiger partial charge in [-0.05, 0) is 37.7 Å². The molecule has 0 spiro atoms. The molecule has 1 aliphatic heterocycles. The number of aromatic nitrogens is 4. The molecule has 0 fully saturated rings. The lowest BCUT2D eigenvalue weighted by molar-refractivity contribution is -0.139. The average molecular weight is 462 g/mol. The Kier molecular flexibility index (Phi) is 6.41. The van der Waals surface area contributed by atoms with Crippen LogP contribution < -0.4 is 14.8 Å². The molecule has 1 unspecified atom stereocenters. The molecule has 8 nitrogen and oxygen atoms in total. The number of likely N-dealkylation sites (N-methyl/N-ethyl adjacent to an activating group) is 1. The fraction of sp³-hybridized carbons (Fsp3) is 0.409. The van der Waals surface area contributed by atoms with Crippen LogP contribution in [0.5, 0.6) is 11.8 Å². The lowest BCUT2D eigenvalue weighted by atomic mass is 10.1. The van der Waals surface area contributed by atoms with Crippen LogP contribution in [0.3, 0.4) is 0 Å². The van der Waals surface area contributed by atoms with Gasteiger partial charge in [0.2, 0.25) is 11.8 Å². The number of nitrogens with zero attached hydrogens (tertiary/aromatic N) is 5. The molecule has 33 heavy (non-hydrogen) atoms. The summed E-state index contributed by atoms with van der Waals surface area (Å²) in [7, 11) is 5.22. The first-order valence-corrected chi connectivity index (χ1v) is 10.4. The topological polar surface area (TPSA) is 77.3 Å². The summed E-state index contributed by atoms with van der Waals surface area (Å²) in [5.41, 5.74) is 2.49. The first kappa shape index (κ1) is 22.8. The molecule has 3 aromatic rings. The Morgan fingerprint density at radius 2 is 1.91 bits per heavy atom. The highest BCUT2D eigenvalue weighted by molar-refractivity contribution is 5.70. The van der Waals surface area contributed by atoms with E-state index in [1.165, 1.54) is 7.11 Å². The molecule has 1 N–H and O–H groups in total. The first-order chi connectivity index (χ1) is 15.7. The molecule has 176 valence electrons. The third kappa shape index (κ3) is 5.72. The number of hydrogen-bond donors (Lipinski definition) is 1. The predicted octanol–water partition coefficient (Wildman–Crippen LogP) is 4.16. The third-order valence-corrected chi connectivity index (χ3v) is 5.25. The van der Waals surface area contributed by atoms with E-state index in [1.807, 2.05) is 37.3 Å². The Hall–Kier alpha value is -3.34. The number of methoxy groups -OCH3 is 1. The standard InChI is InChI=1S/C22H25F3N6O2/c1-30-11-14-4-6-18(28-20(14)33-16(13-30)8-9-22(23,24)25)27-19-7-5-17(21(29-19)32-3)15-10-26-31(2)12-15/h4-7,10,12,16H,8-9,11,13H2,1-3H3,(H,27,28,29). The highest BCUT2D eigenvalue weighted by Gasteiger charge is 2.31. The van der Waals surface area contributed by atoms with Crippen LogP contribution in [0.25, 0.3) is 11.1 Å². The summed E-state index contributed by atoms with van der Waals surface area (Å²) in [4.78, 5) is 10.9. The second kappa shape index (κ2) is 9.26. The van der Waals surface area contributed by atoms with Crippen LogP contribution in [0.4, 0.5) is 24.8 Å². The van der Waals surface area contributed by atoms with Crippen LogP contribution in [0, 0.1) is 0 Å². The highest BCUT2D eigenvalue weighted by atomic mass is 19.4. The van der Waals surface area contributed by atoms with Gasteiger partial charge in [0.15, 0.2) is 0 Å². The second-order valence-electron chi connectivity index (χ2n) is 8.03. The molecule has 0 aromatic carbocycles.